The first-order valence-corrected chi connectivity index (χ1v) is 7.16. The summed E-state index contributed by atoms with van der Waals surface area (Å²) in [5.74, 6) is 1.47. The van der Waals surface area contributed by atoms with Gasteiger partial charge in [0.25, 0.3) is 0 Å². The van der Waals surface area contributed by atoms with Crippen LogP contribution >= 0.6 is 22.6 Å². The third-order valence-corrected chi connectivity index (χ3v) is 3.73. The van der Waals surface area contributed by atoms with Crippen LogP contribution in [0.5, 0.6) is 0 Å². The van der Waals surface area contributed by atoms with Crippen LogP contribution < -0.4 is 5.32 Å². The van der Waals surface area contributed by atoms with Gasteiger partial charge in [-0.2, -0.15) is 0 Å². The van der Waals surface area contributed by atoms with E-state index in [0.29, 0.717) is 0 Å². The number of benzene rings is 1. The Morgan fingerprint density at radius 2 is 1.81 bits per heavy atom. The van der Waals surface area contributed by atoms with Crippen molar-refractivity contribution in [2.24, 2.45) is 11.8 Å². The van der Waals surface area contributed by atoms with Crippen molar-refractivity contribution < 1.29 is 0 Å². The predicted molar refractivity (Wildman–Crippen MR) is 79.7 cm³/mol. The Morgan fingerprint density at radius 3 is 2.31 bits per heavy atom. The maximum Gasteiger partial charge on any atom is 0.0130 e. The van der Waals surface area contributed by atoms with E-state index in [4.69, 9.17) is 0 Å². The van der Waals surface area contributed by atoms with Crippen LogP contribution in [0.2, 0.25) is 0 Å². The van der Waals surface area contributed by atoms with Gasteiger partial charge in [0.2, 0.25) is 0 Å². The number of hydrogen-bond acceptors (Lipinski definition) is 1. The molecule has 1 aromatic rings. The second-order valence-electron chi connectivity index (χ2n) is 4.64. The molecule has 0 heterocycles. The maximum atomic E-state index is 3.46. The van der Waals surface area contributed by atoms with Gasteiger partial charge in [0.1, 0.15) is 0 Å². The molecule has 2 heteroatoms. The first kappa shape index (κ1) is 14.0. The van der Waals surface area contributed by atoms with Gasteiger partial charge in [0.15, 0.2) is 0 Å². The first-order chi connectivity index (χ1) is 7.63. The molecule has 0 saturated carbocycles. The van der Waals surface area contributed by atoms with Crippen molar-refractivity contribution in [1.29, 1.82) is 0 Å². The molecule has 0 aliphatic rings. The van der Waals surface area contributed by atoms with Crippen LogP contribution in [0, 0.1) is 15.4 Å². The maximum absolute atomic E-state index is 3.46. The zero-order valence-corrected chi connectivity index (χ0v) is 12.6. The second-order valence-corrected chi connectivity index (χ2v) is 5.89. The van der Waals surface area contributed by atoms with Gasteiger partial charge in [-0.05, 0) is 71.6 Å². The standard InChI is InChI=1S/C14H22IN/c1-4-16-10-13(11(2)3)9-12-5-7-14(15)8-6-12/h5-8,11,13,16H,4,9-10H2,1-3H3. The van der Waals surface area contributed by atoms with Crippen molar-refractivity contribution in [3.63, 3.8) is 0 Å². The van der Waals surface area contributed by atoms with Gasteiger partial charge in [-0.3, -0.25) is 0 Å². The Kier molecular flexibility index (Phi) is 6.36. The average molecular weight is 331 g/mol. The summed E-state index contributed by atoms with van der Waals surface area (Å²) in [5.41, 5.74) is 1.46. The number of halogens is 1. The number of rotatable bonds is 6. The van der Waals surface area contributed by atoms with Crippen LogP contribution in [0.25, 0.3) is 0 Å². The molecule has 0 aliphatic carbocycles. The second kappa shape index (κ2) is 7.28. The Bertz CT molecular complexity index is 292. The molecule has 0 amide bonds. The smallest absolute Gasteiger partial charge is 0.0130 e. The summed E-state index contributed by atoms with van der Waals surface area (Å²) < 4.78 is 1.31. The highest BCUT2D eigenvalue weighted by atomic mass is 127. The van der Waals surface area contributed by atoms with Crippen LogP contribution in [0.4, 0.5) is 0 Å². The van der Waals surface area contributed by atoms with Gasteiger partial charge in [0, 0.05) is 3.57 Å². The van der Waals surface area contributed by atoms with Crippen LogP contribution in [-0.2, 0) is 6.42 Å². The molecule has 0 spiro atoms. The highest BCUT2D eigenvalue weighted by Gasteiger charge is 2.13. The molecule has 1 nitrogen and oxygen atoms in total. The normalized spacial score (nSPS) is 13.1. The quantitative estimate of drug-likeness (QED) is 0.784. The molecule has 1 rings (SSSR count). The van der Waals surface area contributed by atoms with Gasteiger partial charge in [-0.25, -0.2) is 0 Å². The van der Waals surface area contributed by atoms with Gasteiger partial charge in [-0.1, -0.05) is 32.9 Å². The highest BCUT2D eigenvalue weighted by Crippen LogP contribution is 2.17. The average Bonchev–Trinajstić information content (AvgIpc) is 2.26. The lowest BCUT2D eigenvalue weighted by molar-refractivity contribution is 0.364. The highest BCUT2D eigenvalue weighted by molar-refractivity contribution is 14.1. The molecular formula is C14H22IN. The predicted octanol–water partition coefficient (Wildman–Crippen LogP) is 3.72. The fourth-order valence-corrected chi connectivity index (χ4v) is 2.16. The van der Waals surface area contributed by atoms with E-state index in [-0.39, 0.29) is 0 Å². The third kappa shape index (κ3) is 4.83. The van der Waals surface area contributed by atoms with Gasteiger partial charge in [0.05, 0.1) is 0 Å². The Morgan fingerprint density at radius 1 is 1.19 bits per heavy atom. The van der Waals surface area contributed by atoms with Crippen molar-refractivity contribution in [2.45, 2.75) is 27.2 Å². The van der Waals surface area contributed by atoms with Crippen molar-refractivity contribution in [3.8, 4) is 0 Å². The molecule has 0 aromatic heterocycles. The minimum Gasteiger partial charge on any atom is -0.317 e. The van der Waals surface area contributed by atoms with Crippen molar-refractivity contribution >= 4 is 22.6 Å². The molecule has 1 unspecified atom stereocenters. The Labute approximate surface area is 113 Å². The fraction of sp³-hybridized carbons (Fsp3) is 0.571. The fourth-order valence-electron chi connectivity index (χ4n) is 1.80. The molecule has 1 N–H and O–H groups in total. The van der Waals surface area contributed by atoms with E-state index in [2.05, 4.69) is 72.9 Å². The summed E-state index contributed by atoms with van der Waals surface area (Å²) in [7, 11) is 0. The largest absolute Gasteiger partial charge is 0.317 e. The lowest BCUT2D eigenvalue weighted by atomic mass is 9.89. The number of nitrogens with one attached hydrogen (secondary N) is 1. The Balaban J connectivity index is 2.57. The molecule has 0 radical (unpaired) electrons. The third-order valence-electron chi connectivity index (χ3n) is 3.01. The van der Waals surface area contributed by atoms with E-state index >= 15 is 0 Å². The van der Waals surface area contributed by atoms with Crippen molar-refractivity contribution in [1.82, 2.24) is 5.32 Å². The monoisotopic (exact) mass is 331 g/mol. The molecular weight excluding hydrogens is 309 g/mol. The topological polar surface area (TPSA) is 12.0 Å². The minimum absolute atomic E-state index is 0.735. The SMILES string of the molecule is CCNCC(Cc1ccc(I)cc1)C(C)C. The molecule has 0 bridgehead atoms. The van der Waals surface area contributed by atoms with Crippen molar-refractivity contribution in [2.75, 3.05) is 13.1 Å². The number of hydrogen-bond donors (Lipinski definition) is 1. The summed E-state index contributed by atoms with van der Waals surface area (Å²) in [4.78, 5) is 0. The molecule has 0 saturated heterocycles. The Hall–Kier alpha value is -0.0900. The molecule has 16 heavy (non-hydrogen) atoms. The van der Waals surface area contributed by atoms with E-state index in [9.17, 15) is 0 Å². The minimum atomic E-state index is 0.735. The van der Waals surface area contributed by atoms with Crippen LogP contribution in [-0.4, -0.2) is 13.1 Å². The summed E-state index contributed by atoms with van der Waals surface area (Å²) >= 11 is 2.35. The van der Waals surface area contributed by atoms with E-state index in [0.717, 1.165) is 24.9 Å². The lowest BCUT2D eigenvalue weighted by Gasteiger charge is -2.21. The molecule has 0 fully saturated rings. The molecule has 1 aromatic carbocycles. The summed E-state index contributed by atoms with van der Waals surface area (Å²) in [6.45, 7) is 8.99. The van der Waals surface area contributed by atoms with Crippen LogP contribution in [0.3, 0.4) is 0 Å². The van der Waals surface area contributed by atoms with E-state index in [1.165, 1.54) is 15.6 Å². The summed E-state index contributed by atoms with van der Waals surface area (Å²) in [6, 6.07) is 8.90. The molecule has 90 valence electrons. The lowest BCUT2D eigenvalue weighted by Crippen LogP contribution is -2.27. The molecule has 0 aliphatic heterocycles. The van der Waals surface area contributed by atoms with E-state index in [1.807, 2.05) is 0 Å². The van der Waals surface area contributed by atoms with Gasteiger partial charge < -0.3 is 5.32 Å². The van der Waals surface area contributed by atoms with Crippen LogP contribution in [0.15, 0.2) is 24.3 Å². The zero-order valence-electron chi connectivity index (χ0n) is 10.5. The van der Waals surface area contributed by atoms with E-state index < -0.39 is 0 Å². The van der Waals surface area contributed by atoms with E-state index in [1.54, 1.807) is 0 Å². The van der Waals surface area contributed by atoms with Crippen LogP contribution in [0.1, 0.15) is 26.3 Å². The summed E-state index contributed by atoms with van der Waals surface area (Å²) in [5, 5.41) is 3.46. The summed E-state index contributed by atoms with van der Waals surface area (Å²) in [6.07, 6.45) is 1.18. The van der Waals surface area contributed by atoms with Gasteiger partial charge >= 0.3 is 0 Å². The molecule has 1 atom stereocenters. The van der Waals surface area contributed by atoms with Gasteiger partial charge in [-0.15, -0.1) is 0 Å². The van der Waals surface area contributed by atoms with Crippen molar-refractivity contribution in [3.05, 3.63) is 33.4 Å². The first-order valence-electron chi connectivity index (χ1n) is 6.08. The zero-order chi connectivity index (χ0) is 12.0.